The fourth-order valence-corrected chi connectivity index (χ4v) is 4.23. The third-order valence-electron chi connectivity index (χ3n) is 4.83. The zero-order valence-corrected chi connectivity index (χ0v) is 15.9. The quantitative estimate of drug-likeness (QED) is 0.739. The number of amides is 1. The topological polar surface area (TPSA) is 35.9 Å². The highest BCUT2D eigenvalue weighted by atomic mass is 32.2. The van der Waals surface area contributed by atoms with Gasteiger partial charge in [0.15, 0.2) is 5.17 Å². The van der Waals surface area contributed by atoms with Crippen molar-refractivity contribution in [2.75, 3.05) is 31.1 Å². The Balaban J connectivity index is 1.43. The molecule has 2 aromatic carbocycles. The second-order valence-electron chi connectivity index (χ2n) is 6.59. The molecule has 0 saturated carbocycles. The summed E-state index contributed by atoms with van der Waals surface area (Å²) in [6.07, 6.45) is 1.91. The van der Waals surface area contributed by atoms with E-state index in [0.717, 1.165) is 16.3 Å². The van der Waals surface area contributed by atoms with Gasteiger partial charge in [0, 0.05) is 26.2 Å². The highest BCUT2D eigenvalue weighted by molar-refractivity contribution is 8.18. The summed E-state index contributed by atoms with van der Waals surface area (Å²) >= 11 is 1.42. The fraction of sp³-hybridized carbons (Fsp3) is 0.238. The number of halogens is 1. The van der Waals surface area contributed by atoms with Gasteiger partial charge in [-0.25, -0.2) is 4.39 Å². The number of hydrogen-bond acceptors (Lipinski definition) is 4. The van der Waals surface area contributed by atoms with E-state index in [2.05, 4.69) is 9.89 Å². The van der Waals surface area contributed by atoms with Crippen molar-refractivity contribution in [1.82, 2.24) is 4.90 Å². The molecule has 0 spiro atoms. The highest BCUT2D eigenvalue weighted by Crippen LogP contribution is 2.31. The number of aliphatic imine (C=N–C) groups is 1. The summed E-state index contributed by atoms with van der Waals surface area (Å²) in [5.41, 5.74) is 2.80. The smallest absolute Gasteiger partial charge is 0.286 e. The number of amidine groups is 1. The third-order valence-corrected chi connectivity index (χ3v) is 5.87. The molecule has 0 atom stereocenters. The number of para-hydroxylation sites is 1. The van der Waals surface area contributed by atoms with E-state index in [1.54, 1.807) is 12.1 Å². The van der Waals surface area contributed by atoms with Gasteiger partial charge in [0.2, 0.25) is 0 Å². The van der Waals surface area contributed by atoms with Gasteiger partial charge in [-0.2, -0.15) is 4.99 Å². The van der Waals surface area contributed by atoms with Crippen LogP contribution < -0.4 is 4.90 Å². The van der Waals surface area contributed by atoms with Crippen LogP contribution in [-0.4, -0.2) is 42.2 Å². The predicted molar refractivity (Wildman–Crippen MR) is 109 cm³/mol. The first-order chi connectivity index (χ1) is 13.1. The van der Waals surface area contributed by atoms with Crippen LogP contribution in [0.3, 0.4) is 0 Å². The number of piperazine rings is 1. The minimum Gasteiger partial charge on any atom is -0.366 e. The molecule has 2 aliphatic heterocycles. The number of rotatable bonds is 2. The zero-order valence-electron chi connectivity index (χ0n) is 15.1. The maximum atomic E-state index is 14.0. The van der Waals surface area contributed by atoms with Crippen molar-refractivity contribution in [3.8, 4) is 0 Å². The third kappa shape index (κ3) is 3.76. The number of benzene rings is 2. The molecule has 2 aliphatic rings. The molecule has 1 saturated heterocycles. The Labute approximate surface area is 162 Å². The number of aryl methyl sites for hydroxylation is 1. The molecule has 0 N–H and O–H groups in total. The number of hydrogen-bond donors (Lipinski definition) is 0. The van der Waals surface area contributed by atoms with Crippen molar-refractivity contribution in [1.29, 1.82) is 0 Å². The van der Waals surface area contributed by atoms with Crippen molar-refractivity contribution in [2.24, 2.45) is 4.99 Å². The number of nitrogens with zero attached hydrogens (tertiary/aromatic N) is 3. The first-order valence-electron chi connectivity index (χ1n) is 8.94. The molecular weight excluding hydrogens is 361 g/mol. The molecule has 0 bridgehead atoms. The fourth-order valence-electron chi connectivity index (χ4n) is 3.27. The first kappa shape index (κ1) is 17.8. The molecule has 2 heterocycles. The molecule has 1 fully saturated rings. The minimum absolute atomic E-state index is 0.185. The van der Waals surface area contributed by atoms with Gasteiger partial charge in [-0.15, -0.1) is 0 Å². The van der Waals surface area contributed by atoms with Gasteiger partial charge in [0.05, 0.1) is 10.6 Å². The van der Waals surface area contributed by atoms with Gasteiger partial charge in [-0.3, -0.25) is 4.79 Å². The van der Waals surface area contributed by atoms with Crippen LogP contribution in [-0.2, 0) is 4.79 Å². The van der Waals surface area contributed by atoms with Crippen LogP contribution in [0.4, 0.5) is 10.1 Å². The van der Waals surface area contributed by atoms with E-state index in [1.807, 2.05) is 48.2 Å². The molecule has 0 radical (unpaired) electrons. The Morgan fingerprint density at radius 2 is 1.67 bits per heavy atom. The first-order valence-corrected chi connectivity index (χ1v) is 9.76. The number of carbonyl (C=O) groups excluding carboxylic acids is 1. The van der Waals surface area contributed by atoms with Crippen LogP contribution in [0.2, 0.25) is 0 Å². The van der Waals surface area contributed by atoms with Crippen LogP contribution in [0.1, 0.15) is 11.1 Å². The van der Waals surface area contributed by atoms with E-state index in [1.165, 1.54) is 17.8 Å². The molecule has 4 rings (SSSR count). The summed E-state index contributed by atoms with van der Waals surface area (Å²) in [5, 5.41) is 0.744. The van der Waals surface area contributed by atoms with E-state index >= 15 is 0 Å². The normalized spacial score (nSPS) is 19.0. The molecule has 27 heavy (non-hydrogen) atoms. The molecule has 138 valence electrons. The van der Waals surface area contributed by atoms with Crippen LogP contribution in [0.5, 0.6) is 0 Å². The lowest BCUT2D eigenvalue weighted by atomic mass is 10.1. The summed E-state index contributed by atoms with van der Waals surface area (Å²) in [5.74, 6) is -0.382. The molecule has 6 heteroatoms. The van der Waals surface area contributed by atoms with Crippen molar-refractivity contribution in [2.45, 2.75) is 6.92 Å². The molecule has 0 aliphatic carbocycles. The van der Waals surface area contributed by atoms with Crippen molar-refractivity contribution < 1.29 is 9.18 Å². The monoisotopic (exact) mass is 381 g/mol. The molecule has 1 amide bonds. The molecule has 2 aromatic rings. The largest absolute Gasteiger partial charge is 0.366 e. The number of thioether (sulfide) groups is 1. The van der Waals surface area contributed by atoms with E-state index in [0.29, 0.717) is 36.8 Å². The average molecular weight is 381 g/mol. The summed E-state index contributed by atoms with van der Waals surface area (Å²) in [6.45, 7) is 4.85. The van der Waals surface area contributed by atoms with E-state index < -0.39 is 0 Å². The van der Waals surface area contributed by atoms with E-state index in [-0.39, 0.29) is 11.7 Å². The maximum Gasteiger partial charge on any atom is 0.286 e. The lowest BCUT2D eigenvalue weighted by Gasteiger charge is -2.36. The van der Waals surface area contributed by atoms with Crippen LogP contribution in [0.25, 0.3) is 6.08 Å². The summed E-state index contributed by atoms with van der Waals surface area (Å²) in [4.78, 5) is 21.3. The van der Waals surface area contributed by atoms with Gasteiger partial charge in [0.25, 0.3) is 5.91 Å². The van der Waals surface area contributed by atoms with Crippen LogP contribution in [0, 0.1) is 12.7 Å². The molecule has 0 aromatic heterocycles. The summed E-state index contributed by atoms with van der Waals surface area (Å²) in [6, 6.07) is 14.8. The Kier molecular flexibility index (Phi) is 4.99. The van der Waals surface area contributed by atoms with Crippen molar-refractivity contribution in [3.63, 3.8) is 0 Å². The summed E-state index contributed by atoms with van der Waals surface area (Å²) < 4.78 is 14.0. The van der Waals surface area contributed by atoms with Gasteiger partial charge in [0.1, 0.15) is 5.82 Å². The van der Waals surface area contributed by atoms with Gasteiger partial charge in [-0.1, -0.05) is 36.4 Å². The SMILES string of the molecule is Cc1ccccc1/C=C1\SC(N2CCN(c3ccccc3F)CC2)=NC1=O. The van der Waals surface area contributed by atoms with Gasteiger partial charge >= 0.3 is 0 Å². The zero-order chi connectivity index (χ0) is 18.8. The predicted octanol–water partition coefficient (Wildman–Crippen LogP) is 3.93. The Morgan fingerprint density at radius 3 is 2.41 bits per heavy atom. The van der Waals surface area contributed by atoms with Gasteiger partial charge < -0.3 is 9.80 Å². The van der Waals surface area contributed by atoms with Crippen LogP contribution in [0.15, 0.2) is 58.4 Å². The summed E-state index contributed by atoms with van der Waals surface area (Å²) in [7, 11) is 0. The van der Waals surface area contributed by atoms with Crippen molar-refractivity contribution in [3.05, 3.63) is 70.4 Å². The second kappa shape index (κ2) is 7.56. The lowest BCUT2D eigenvalue weighted by Crippen LogP contribution is -2.48. The van der Waals surface area contributed by atoms with Gasteiger partial charge in [-0.05, 0) is 48.0 Å². The average Bonchev–Trinajstić information content (AvgIpc) is 3.05. The molecule has 4 nitrogen and oxygen atoms in total. The molecular formula is C21H20FN3OS. The van der Waals surface area contributed by atoms with Crippen molar-refractivity contribution >= 4 is 34.6 Å². The standard InChI is InChI=1S/C21H20FN3OS/c1-15-6-2-3-7-16(15)14-19-20(26)23-21(27-19)25-12-10-24(11-13-25)18-9-5-4-8-17(18)22/h2-9,14H,10-13H2,1H3/b19-14-. The Morgan fingerprint density at radius 1 is 1.00 bits per heavy atom. The lowest BCUT2D eigenvalue weighted by molar-refractivity contribution is -0.113. The molecule has 0 unspecified atom stereocenters. The maximum absolute atomic E-state index is 14.0. The van der Waals surface area contributed by atoms with Crippen LogP contribution >= 0.6 is 11.8 Å². The Hall–Kier alpha value is -2.60. The second-order valence-corrected chi connectivity index (χ2v) is 7.60. The van der Waals surface area contributed by atoms with E-state index in [9.17, 15) is 9.18 Å². The minimum atomic E-state index is -0.197. The number of anilines is 1. The Bertz CT molecular complexity index is 933. The number of carbonyl (C=O) groups is 1. The van der Waals surface area contributed by atoms with E-state index in [4.69, 9.17) is 0 Å². The highest BCUT2D eigenvalue weighted by Gasteiger charge is 2.29.